The molecule has 1 aromatic carbocycles. The lowest BCUT2D eigenvalue weighted by molar-refractivity contribution is -0.120. The van der Waals surface area contributed by atoms with E-state index in [0.717, 1.165) is 30.8 Å². The van der Waals surface area contributed by atoms with Crippen molar-refractivity contribution in [2.24, 2.45) is 5.92 Å². The molecule has 5 nitrogen and oxygen atoms in total. The van der Waals surface area contributed by atoms with Crippen molar-refractivity contribution in [1.82, 2.24) is 15.1 Å². The van der Waals surface area contributed by atoms with Crippen LogP contribution in [-0.4, -0.2) is 28.3 Å². The van der Waals surface area contributed by atoms with Crippen LogP contribution in [0, 0.1) is 5.92 Å². The number of nitrogens with one attached hydrogen (secondary N) is 2. The molecule has 1 saturated heterocycles. The molecule has 0 bridgehead atoms. The van der Waals surface area contributed by atoms with Gasteiger partial charge in [0.2, 0.25) is 5.91 Å². The maximum atomic E-state index is 12.5. The van der Waals surface area contributed by atoms with Crippen molar-refractivity contribution >= 4 is 23.3 Å². The Hall–Kier alpha value is -1.85. The molecular formula is C17H21ClN4O. The highest BCUT2D eigenvalue weighted by Crippen LogP contribution is 2.19. The van der Waals surface area contributed by atoms with Crippen molar-refractivity contribution in [1.29, 1.82) is 0 Å². The van der Waals surface area contributed by atoms with E-state index in [1.807, 2.05) is 30.3 Å². The normalized spacial score (nSPS) is 21.1. The van der Waals surface area contributed by atoms with Crippen molar-refractivity contribution in [2.45, 2.75) is 32.4 Å². The number of aromatic nitrogens is 2. The molecule has 1 aliphatic heterocycles. The molecule has 0 aliphatic carbocycles. The molecule has 23 heavy (non-hydrogen) atoms. The summed E-state index contributed by atoms with van der Waals surface area (Å²) >= 11 is 5.91. The second kappa shape index (κ2) is 7.15. The Morgan fingerprint density at radius 1 is 1.39 bits per heavy atom. The Bertz CT molecular complexity index is 667. The van der Waals surface area contributed by atoms with Gasteiger partial charge in [-0.3, -0.25) is 4.79 Å². The molecule has 2 atom stereocenters. The highest BCUT2D eigenvalue weighted by molar-refractivity contribution is 6.30. The molecule has 1 aliphatic rings. The first-order chi connectivity index (χ1) is 11.1. The number of piperidine rings is 1. The molecule has 6 heteroatoms. The molecule has 1 amide bonds. The number of benzene rings is 1. The second-order valence-electron chi connectivity index (χ2n) is 6.07. The van der Waals surface area contributed by atoms with Crippen LogP contribution in [0.5, 0.6) is 0 Å². The Balaban J connectivity index is 1.66. The van der Waals surface area contributed by atoms with Crippen molar-refractivity contribution in [3.05, 3.63) is 47.1 Å². The number of amides is 1. The lowest BCUT2D eigenvalue weighted by Crippen LogP contribution is -2.40. The first-order valence-electron chi connectivity index (χ1n) is 7.92. The van der Waals surface area contributed by atoms with Crippen molar-refractivity contribution < 1.29 is 4.79 Å². The monoisotopic (exact) mass is 332 g/mol. The number of halogens is 1. The number of anilines is 1. The van der Waals surface area contributed by atoms with Crippen LogP contribution in [0.1, 0.15) is 25.3 Å². The highest BCUT2D eigenvalue weighted by atomic mass is 35.5. The van der Waals surface area contributed by atoms with Crippen LogP contribution in [0.15, 0.2) is 36.5 Å². The third-order valence-electron chi connectivity index (χ3n) is 4.21. The van der Waals surface area contributed by atoms with E-state index >= 15 is 0 Å². The van der Waals surface area contributed by atoms with Gasteiger partial charge in [0.15, 0.2) is 0 Å². The molecule has 0 unspecified atom stereocenters. The summed E-state index contributed by atoms with van der Waals surface area (Å²) in [6.45, 7) is 3.61. The van der Waals surface area contributed by atoms with Crippen LogP contribution < -0.4 is 10.6 Å². The zero-order valence-corrected chi connectivity index (χ0v) is 13.9. The minimum Gasteiger partial charge on any atom is -0.314 e. The van der Waals surface area contributed by atoms with Crippen molar-refractivity contribution in [3.63, 3.8) is 0 Å². The Morgan fingerprint density at radius 2 is 2.17 bits per heavy atom. The number of carbonyl (C=O) groups excluding carboxylic acids is 1. The van der Waals surface area contributed by atoms with E-state index in [2.05, 4.69) is 22.7 Å². The van der Waals surface area contributed by atoms with E-state index in [1.165, 1.54) is 0 Å². The van der Waals surface area contributed by atoms with E-state index in [1.54, 1.807) is 10.9 Å². The van der Waals surface area contributed by atoms with Gasteiger partial charge in [-0.25, -0.2) is 4.68 Å². The number of rotatable bonds is 4. The summed E-state index contributed by atoms with van der Waals surface area (Å²) in [5, 5.41) is 11.4. The largest absolute Gasteiger partial charge is 0.314 e. The SMILES string of the molecule is C[C@H]1C[C@@H](C(=O)Nc2ccnn2Cc2ccc(Cl)cc2)CCN1. The van der Waals surface area contributed by atoms with Gasteiger partial charge in [-0.15, -0.1) is 0 Å². The topological polar surface area (TPSA) is 59.0 Å². The average molecular weight is 333 g/mol. The Kier molecular flexibility index (Phi) is 4.98. The van der Waals surface area contributed by atoms with Crippen LogP contribution >= 0.6 is 11.6 Å². The lowest BCUT2D eigenvalue weighted by Gasteiger charge is -2.27. The van der Waals surface area contributed by atoms with Crippen LogP contribution in [0.3, 0.4) is 0 Å². The number of nitrogens with zero attached hydrogens (tertiary/aromatic N) is 2. The third-order valence-corrected chi connectivity index (χ3v) is 4.46. The molecule has 2 N–H and O–H groups in total. The number of carbonyl (C=O) groups is 1. The summed E-state index contributed by atoms with van der Waals surface area (Å²) in [5.41, 5.74) is 1.09. The minimum atomic E-state index is 0.0603. The van der Waals surface area contributed by atoms with Gasteiger partial charge in [0.1, 0.15) is 5.82 Å². The van der Waals surface area contributed by atoms with Gasteiger partial charge < -0.3 is 10.6 Å². The van der Waals surface area contributed by atoms with E-state index in [-0.39, 0.29) is 11.8 Å². The molecule has 0 spiro atoms. The summed E-state index contributed by atoms with van der Waals surface area (Å²) in [7, 11) is 0. The predicted molar refractivity (Wildman–Crippen MR) is 91.6 cm³/mol. The zero-order chi connectivity index (χ0) is 16.2. The van der Waals surface area contributed by atoms with Crippen molar-refractivity contribution in [2.75, 3.05) is 11.9 Å². The molecule has 1 aromatic heterocycles. The van der Waals surface area contributed by atoms with Crippen molar-refractivity contribution in [3.8, 4) is 0 Å². The minimum absolute atomic E-state index is 0.0603. The highest BCUT2D eigenvalue weighted by Gasteiger charge is 2.25. The van der Waals surface area contributed by atoms with Gasteiger partial charge >= 0.3 is 0 Å². The fraction of sp³-hybridized carbons (Fsp3) is 0.412. The van der Waals surface area contributed by atoms with Gasteiger partial charge in [-0.2, -0.15) is 5.10 Å². The lowest BCUT2D eigenvalue weighted by atomic mass is 9.92. The smallest absolute Gasteiger partial charge is 0.228 e. The van der Waals surface area contributed by atoms with Crippen LogP contribution in [-0.2, 0) is 11.3 Å². The van der Waals surface area contributed by atoms with Crippen LogP contribution in [0.2, 0.25) is 5.02 Å². The maximum Gasteiger partial charge on any atom is 0.228 e. The van der Waals surface area contributed by atoms with Gasteiger partial charge in [0.05, 0.1) is 12.7 Å². The molecule has 2 aromatic rings. The summed E-state index contributed by atoms with van der Waals surface area (Å²) in [6.07, 6.45) is 3.45. The van der Waals surface area contributed by atoms with Gasteiger partial charge in [-0.1, -0.05) is 23.7 Å². The molecule has 1 fully saturated rings. The fourth-order valence-corrected chi connectivity index (χ4v) is 3.05. The van der Waals surface area contributed by atoms with E-state index in [9.17, 15) is 4.79 Å². The molecule has 0 saturated carbocycles. The van der Waals surface area contributed by atoms with E-state index in [0.29, 0.717) is 17.6 Å². The zero-order valence-electron chi connectivity index (χ0n) is 13.1. The summed E-state index contributed by atoms with van der Waals surface area (Å²) in [6, 6.07) is 9.86. The molecule has 3 rings (SSSR count). The van der Waals surface area contributed by atoms with Gasteiger partial charge in [0.25, 0.3) is 0 Å². The summed E-state index contributed by atoms with van der Waals surface area (Å²) in [5.74, 6) is 0.873. The van der Waals surface area contributed by atoms with Crippen LogP contribution in [0.4, 0.5) is 5.82 Å². The maximum absolute atomic E-state index is 12.5. The fourth-order valence-electron chi connectivity index (χ4n) is 2.93. The quantitative estimate of drug-likeness (QED) is 0.905. The first kappa shape index (κ1) is 16.0. The Morgan fingerprint density at radius 3 is 2.91 bits per heavy atom. The molecular weight excluding hydrogens is 312 g/mol. The van der Waals surface area contributed by atoms with E-state index in [4.69, 9.17) is 11.6 Å². The number of hydrogen-bond acceptors (Lipinski definition) is 3. The standard InChI is InChI=1S/C17H21ClN4O/c1-12-10-14(6-8-19-12)17(23)21-16-7-9-20-22(16)11-13-2-4-15(18)5-3-13/h2-5,7,9,12,14,19H,6,8,10-11H2,1H3,(H,21,23)/t12-,14-/m0/s1. The second-order valence-corrected chi connectivity index (χ2v) is 6.50. The predicted octanol–water partition coefficient (Wildman–Crippen LogP) is 2.91. The van der Waals surface area contributed by atoms with E-state index < -0.39 is 0 Å². The number of hydrogen-bond donors (Lipinski definition) is 2. The molecule has 122 valence electrons. The summed E-state index contributed by atoms with van der Waals surface area (Å²) in [4.78, 5) is 12.5. The average Bonchev–Trinajstić information content (AvgIpc) is 2.96. The summed E-state index contributed by atoms with van der Waals surface area (Å²) < 4.78 is 1.80. The van der Waals surface area contributed by atoms with Crippen LogP contribution in [0.25, 0.3) is 0 Å². The first-order valence-corrected chi connectivity index (χ1v) is 8.30. The van der Waals surface area contributed by atoms with Gasteiger partial charge in [-0.05, 0) is 44.0 Å². The third kappa shape index (κ3) is 4.12. The Labute approximate surface area is 141 Å². The van der Waals surface area contributed by atoms with Gasteiger partial charge in [0, 0.05) is 23.0 Å². The molecule has 2 heterocycles. The molecule has 0 radical (unpaired) electrons.